The maximum Gasteiger partial charge on any atom is 0.289 e. The van der Waals surface area contributed by atoms with Crippen LogP contribution < -0.4 is 5.32 Å². The Kier molecular flexibility index (Phi) is 5.92. The first-order chi connectivity index (χ1) is 10.9. The minimum absolute atomic E-state index is 0.0281. The Morgan fingerprint density at radius 3 is 2.87 bits per heavy atom. The first kappa shape index (κ1) is 17.7. The number of halogens is 1. The van der Waals surface area contributed by atoms with Gasteiger partial charge in [-0.15, -0.1) is 0 Å². The molecule has 1 aliphatic carbocycles. The third-order valence-corrected chi connectivity index (χ3v) is 4.32. The highest BCUT2D eigenvalue weighted by Gasteiger charge is 2.26. The van der Waals surface area contributed by atoms with Gasteiger partial charge in [0.1, 0.15) is 5.02 Å². The van der Waals surface area contributed by atoms with Gasteiger partial charge in [-0.1, -0.05) is 18.0 Å². The highest BCUT2D eigenvalue weighted by Crippen LogP contribution is 2.28. The van der Waals surface area contributed by atoms with Gasteiger partial charge in [0.05, 0.1) is 17.6 Å². The number of carbonyl (C=O) groups is 1. The Morgan fingerprint density at radius 1 is 1.52 bits per heavy atom. The number of aliphatic hydroxyl groups excluding tert-OH is 1. The van der Waals surface area contributed by atoms with Gasteiger partial charge in [0.15, 0.2) is 0 Å². The Morgan fingerprint density at radius 2 is 2.26 bits per heavy atom. The fourth-order valence-corrected chi connectivity index (χ4v) is 3.06. The average molecular weight is 342 g/mol. The molecule has 1 amide bonds. The van der Waals surface area contributed by atoms with E-state index in [9.17, 15) is 20.0 Å². The van der Waals surface area contributed by atoms with Gasteiger partial charge >= 0.3 is 0 Å². The molecule has 7 nitrogen and oxygen atoms in total. The van der Waals surface area contributed by atoms with Crippen LogP contribution in [-0.4, -0.2) is 47.1 Å². The molecular formula is C15H20ClN3O4. The van der Waals surface area contributed by atoms with E-state index in [4.69, 9.17) is 11.6 Å². The van der Waals surface area contributed by atoms with Crippen molar-refractivity contribution in [3.8, 4) is 0 Å². The van der Waals surface area contributed by atoms with E-state index in [1.807, 2.05) is 11.9 Å². The van der Waals surface area contributed by atoms with Crippen LogP contribution in [0.15, 0.2) is 18.2 Å². The summed E-state index contributed by atoms with van der Waals surface area (Å²) in [6.45, 7) is 0.801. The SMILES string of the molecule is CN(CC(=O)Nc1ccc(Cl)c([N+](=O)[O-])c1)CC1CCCC1O. The summed E-state index contributed by atoms with van der Waals surface area (Å²) in [6.07, 6.45) is 2.51. The van der Waals surface area contributed by atoms with Crippen LogP contribution in [0.4, 0.5) is 11.4 Å². The molecule has 2 rings (SSSR count). The molecule has 0 saturated heterocycles. The first-order valence-corrected chi connectivity index (χ1v) is 7.85. The van der Waals surface area contributed by atoms with Gasteiger partial charge in [0.2, 0.25) is 5.91 Å². The number of nitrogens with zero attached hydrogens (tertiary/aromatic N) is 2. The minimum Gasteiger partial charge on any atom is -0.393 e. The lowest BCUT2D eigenvalue weighted by Crippen LogP contribution is -2.35. The molecule has 2 N–H and O–H groups in total. The smallest absolute Gasteiger partial charge is 0.289 e. The normalized spacial score (nSPS) is 20.7. The summed E-state index contributed by atoms with van der Waals surface area (Å²) >= 11 is 5.73. The molecule has 0 aliphatic heterocycles. The van der Waals surface area contributed by atoms with Crippen LogP contribution in [0.1, 0.15) is 19.3 Å². The van der Waals surface area contributed by atoms with E-state index >= 15 is 0 Å². The van der Waals surface area contributed by atoms with Crippen LogP contribution >= 0.6 is 11.6 Å². The monoisotopic (exact) mass is 341 g/mol. The number of hydrogen-bond acceptors (Lipinski definition) is 5. The molecule has 1 saturated carbocycles. The highest BCUT2D eigenvalue weighted by molar-refractivity contribution is 6.32. The maximum absolute atomic E-state index is 12.0. The number of rotatable bonds is 6. The molecule has 1 aromatic carbocycles. The van der Waals surface area contributed by atoms with Gasteiger partial charge in [0, 0.05) is 18.3 Å². The number of nitro benzene ring substituents is 1. The number of likely N-dealkylation sites (N-methyl/N-ethyl adjacent to an activating group) is 1. The average Bonchev–Trinajstić information content (AvgIpc) is 2.85. The molecule has 1 fully saturated rings. The Bertz CT molecular complexity index is 596. The number of amides is 1. The molecule has 0 bridgehead atoms. The second-order valence-electron chi connectivity index (χ2n) is 5.93. The summed E-state index contributed by atoms with van der Waals surface area (Å²) in [6, 6.07) is 4.14. The van der Waals surface area contributed by atoms with Crippen LogP contribution in [0.2, 0.25) is 5.02 Å². The van der Waals surface area contributed by atoms with Crippen LogP contribution in [0.3, 0.4) is 0 Å². The summed E-state index contributed by atoms with van der Waals surface area (Å²) in [7, 11) is 1.81. The van der Waals surface area contributed by atoms with Crippen LogP contribution in [-0.2, 0) is 4.79 Å². The van der Waals surface area contributed by atoms with E-state index < -0.39 is 4.92 Å². The fraction of sp³-hybridized carbons (Fsp3) is 0.533. The van der Waals surface area contributed by atoms with Crippen molar-refractivity contribution in [1.82, 2.24) is 4.90 Å². The van der Waals surface area contributed by atoms with Gasteiger partial charge in [-0.2, -0.15) is 0 Å². The fourth-order valence-electron chi connectivity index (χ4n) is 2.87. The molecule has 8 heteroatoms. The molecule has 0 spiro atoms. The van der Waals surface area contributed by atoms with E-state index in [2.05, 4.69) is 5.32 Å². The largest absolute Gasteiger partial charge is 0.393 e. The van der Waals surface area contributed by atoms with Crippen molar-refractivity contribution in [1.29, 1.82) is 0 Å². The molecule has 126 valence electrons. The Balaban J connectivity index is 1.89. The summed E-state index contributed by atoms with van der Waals surface area (Å²) in [5.41, 5.74) is 0.0901. The van der Waals surface area contributed by atoms with E-state index in [0.29, 0.717) is 12.2 Å². The number of nitro groups is 1. The first-order valence-electron chi connectivity index (χ1n) is 7.47. The second kappa shape index (κ2) is 7.72. The quantitative estimate of drug-likeness (QED) is 0.611. The third-order valence-electron chi connectivity index (χ3n) is 4.01. The topological polar surface area (TPSA) is 95.7 Å². The molecule has 1 aromatic rings. The van der Waals surface area contributed by atoms with E-state index in [1.54, 1.807) is 0 Å². The van der Waals surface area contributed by atoms with Crippen molar-refractivity contribution >= 4 is 28.9 Å². The number of carbonyl (C=O) groups excluding carboxylic acids is 1. The lowest BCUT2D eigenvalue weighted by Gasteiger charge is -2.22. The zero-order valence-electron chi connectivity index (χ0n) is 12.9. The van der Waals surface area contributed by atoms with Crippen molar-refractivity contribution in [2.24, 2.45) is 5.92 Å². The van der Waals surface area contributed by atoms with Crippen molar-refractivity contribution in [2.75, 3.05) is 25.5 Å². The summed E-state index contributed by atoms with van der Waals surface area (Å²) < 4.78 is 0. The molecular weight excluding hydrogens is 322 g/mol. The number of nitrogens with one attached hydrogen (secondary N) is 1. The molecule has 0 radical (unpaired) electrons. The molecule has 23 heavy (non-hydrogen) atoms. The third kappa shape index (κ3) is 4.89. The number of aliphatic hydroxyl groups is 1. The standard InChI is InChI=1S/C15H20ClN3O4/c1-18(8-10-3-2-4-14(10)20)9-15(21)17-11-5-6-12(16)13(7-11)19(22)23/h5-7,10,14,20H,2-4,8-9H2,1H3,(H,17,21). The molecule has 0 aromatic heterocycles. The molecule has 2 unspecified atom stereocenters. The minimum atomic E-state index is -0.592. The van der Waals surface area contributed by atoms with Crippen molar-refractivity contribution in [3.05, 3.63) is 33.3 Å². The van der Waals surface area contributed by atoms with Gasteiger partial charge in [-0.05, 0) is 37.9 Å². The van der Waals surface area contributed by atoms with Crippen LogP contribution in [0.5, 0.6) is 0 Å². The summed E-state index contributed by atoms with van der Waals surface area (Å²) in [5.74, 6) is -0.0685. The Labute approximate surface area is 139 Å². The zero-order chi connectivity index (χ0) is 17.0. The molecule has 1 aliphatic rings. The second-order valence-corrected chi connectivity index (χ2v) is 6.33. The van der Waals surface area contributed by atoms with E-state index in [-0.39, 0.29) is 35.2 Å². The van der Waals surface area contributed by atoms with Crippen molar-refractivity contribution < 1.29 is 14.8 Å². The maximum atomic E-state index is 12.0. The van der Waals surface area contributed by atoms with Gasteiger partial charge < -0.3 is 10.4 Å². The zero-order valence-corrected chi connectivity index (χ0v) is 13.6. The highest BCUT2D eigenvalue weighted by atomic mass is 35.5. The van der Waals surface area contributed by atoms with Crippen LogP contribution in [0.25, 0.3) is 0 Å². The van der Waals surface area contributed by atoms with Crippen LogP contribution in [0, 0.1) is 16.0 Å². The van der Waals surface area contributed by atoms with E-state index in [0.717, 1.165) is 19.3 Å². The predicted octanol–water partition coefficient (Wildman–Crippen LogP) is 2.28. The summed E-state index contributed by atoms with van der Waals surface area (Å²) in [5, 5.41) is 23.3. The van der Waals surface area contributed by atoms with Gasteiger partial charge in [0.25, 0.3) is 5.69 Å². The lowest BCUT2D eigenvalue weighted by molar-refractivity contribution is -0.384. The lowest BCUT2D eigenvalue weighted by atomic mass is 10.1. The summed E-state index contributed by atoms with van der Waals surface area (Å²) in [4.78, 5) is 24.1. The molecule has 0 heterocycles. The van der Waals surface area contributed by atoms with Gasteiger partial charge in [-0.3, -0.25) is 19.8 Å². The number of benzene rings is 1. The molecule has 2 atom stereocenters. The van der Waals surface area contributed by atoms with Crippen molar-refractivity contribution in [3.63, 3.8) is 0 Å². The van der Waals surface area contributed by atoms with Gasteiger partial charge in [-0.25, -0.2) is 0 Å². The predicted molar refractivity (Wildman–Crippen MR) is 87.6 cm³/mol. The van der Waals surface area contributed by atoms with Crippen molar-refractivity contribution in [2.45, 2.75) is 25.4 Å². The van der Waals surface area contributed by atoms with E-state index in [1.165, 1.54) is 18.2 Å². The number of anilines is 1. The Hall–Kier alpha value is -1.70. The number of hydrogen-bond donors (Lipinski definition) is 2.